The van der Waals surface area contributed by atoms with Crippen LogP contribution in [0.2, 0.25) is 0 Å². The number of carbonyl (C=O) groups excluding carboxylic acids is 3. The Morgan fingerprint density at radius 3 is 2.18 bits per heavy atom. The SMILES string of the molecule is CC(=O)OCC1O[C@@H](Cl)[C@@H](OC(C)=O)C(n2cc(-c3cc(F)c(F)c(F)c3)nn2)[C@H]1OC(C)=O. The van der Waals surface area contributed by atoms with Crippen molar-refractivity contribution in [3.8, 4) is 11.3 Å². The topological polar surface area (TPSA) is 119 Å². The Morgan fingerprint density at radius 2 is 1.62 bits per heavy atom. The molecule has 0 spiro atoms. The first-order chi connectivity index (χ1) is 16.0. The van der Waals surface area contributed by atoms with Crippen LogP contribution < -0.4 is 0 Å². The maximum Gasteiger partial charge on any atom is 0.303 e. The summed E-state index contributed by atoms with van der Waals surface area (Å²) in [6.45, 7) is 3.02. The lowest BCUT2D eigenvalue weighted by Gasteiger charge is -2.43. The minimum Gasteiger partial charge on any atom is -0.463 e. The lowest BCUT2D eigenvalue weighted by molar-refractivity contribution is -0.213. The smallest absolute Gasteiger partial charge is 0.303 e. The number of benzene rings is 1. The van der Waals surface area contributed by atoms with Crippen molar-refractivity contribution >= 4 is 29.5 Å². The fraction of sp³-hybridized carbons (Fsp3) is 0.450. The van der Waals surface area contributed by atoms with Gasteiger partial charge in [-0.3, -0.25) is 14.4 Å². The Balaban J connectivity index is 2.05. The number of hydrogen-bond acceptors (Lipinski definition) is 9. The highest BCUT2D eigenvalue weighted by Gasteiger charge is 2.51. The number of nitrogens with zero attached hydrogens (tertiary/aromatic N) is 3. The van der Waals surface area contributed by atoms with Crippen LogP contribution in [0.1, 0.15) is 26.8 Å². The standard InChI is InChI=1S/C20H19ClF3N3O7/c1-8(28)31-7-15-18(32-9(2)29)17(19(20(21)34-15)33-10(3)30)27-6-14(25-26-27)11-4-12(22)16(24)13(23)5-11/h4-6,15,17-20H,7H2,1-3H3/t15?,17?,18-,19-,20+/m0/s1. The Labute approximate surface area is 195 Å². The van der Waals surface area contributed by atoms with Gasteiger partial charge >= 0.3 is 17.9 Å². The predicted octanol–water partition coefficient (Wildman–Crippen LogP) is 2.29. The normalized spacial score (nSPS) is 24.4. The summed E-state index contributed by atoms with van der Waals surface area (Å²) >= 11 is 6.28. The van der Waals surface area contributed by atoms with Crippen molar-refractivity contribution < 1.29 is 46.5 Å². The van der Waals surface area contributed by atoms with Crippen LogP contribution in [0, 0.1) is 17.5 Å². The van der Waals surface area contributed by atoms with E-state index in [4.69, 9.17) is 30.5 Å². The molecule has 184 valence electrons. The molecule has 0 amide bonds. The highest BCUT2D eigenvalue weighted by molar-refractivity contribution is 6.20. The van der Waals surface area contributed by atoms with Gasteiger partial charge in [0.05, 0.1) is 6.20 Å². The van der Waals surface area contributed by atoms with Crippen LogP contribution >= 0.6 is 11.6 Å². The summed E-state index contributed by atoms with van der Waals surface area (Å²) in [6.07, 6.45) is -2.40. The van der Waals surface area contributed by atoms with E-state index in [1.165, 1.54) is 6.20 Å². The van der Waals surface area contributed by atoms with Crippen molar-refractivity contribution in [1.82, 2.24) is 15.0 Å². The zero-order valence-electron chi connectivity index (χ0n) is 18.0. The van der Waals surface area contributed by atoms with Gasteiger partial charge in [0.15, 0.2) is 35.2 Å². The second kappa shape index (κ2) is 10.4. The minimum atomic E-state index is -1.65. The first-order valence-electron chi connectivity index (χ1n) is 9.82. The Hall–Kier alpha value is -3.19. The van der Waals surface area contributed by atoms with Crippen LogP contribution in [-0.4, -0.2) is 63.4 Å². The fourth-order valence-corrected chi connectivity index (χ4v) is 3.76. The molecule has 5 atom stereocenters. The van der Waals surface area contributed by atoms with Gasteiger partial charge in [-0.25, -0.2) is 17.9 Å². The average molecular weight is 506 g/mol. The van der Waals surface area contributed by atoms with E-state index in [1.54, 1.807) is 0 Å². The van der Waals surface area contributed by atoms with Crippen LogP contribution in [-0.2, 0) is 33.3 Å². The van der Waals surface area contributed by atoms with E-state index in [9.17, 15) is 27.6 Å². The van der Waals surface area contributed by atoms with Crippen molar-refractivity contribution in [3.63, 3.8) is 0 Å². The molecule has 1 aliphatic heterocycles. The highest BCUT2D eigenvalue weighted by Crippen LogP contribution is 2.36. The predicted molar refractivity (Wildman–Crippen MR) is 107 cm³/mol. The van der Waals surface area contributed by atoms with E-state index in [0.29, 0.717) is 0 Å². The molecule has 1 saturated heterocycles. The number of ether oxygens (including phenoxy) is 4. The zero-order valence-corrected chi connectivity index (χ0v) is 18.8. The number of aromatic nitrogens is 3. The number of halogens is 4. The molecule has 10 nitrogen and oxygen atoms in total. The van der Waals surface area contributed by atoms with Gasteiger partial charge in [0.2, 0.25) is 0 Å². The summed E-state index contributed by atoms with van der Waals surface area (Å²) in [5.41, 5.74) is -1.51. The lowest BCUT2D eigenvalue weighted by atomic mass is 9.96. The van der Waals surface area contributed by atoms with Crippen LogP contribution in [0.3, 0.4) is 0 Å². The molecule has 34 heavy (non-hydrogen) atoms. The van der Waals surface area contributed by atoms with E-state index in [2.05, 4.69) is 10.3 Å². The van der Waals surface area contributed by atoms with Crippen molar-refractivity contribution in [2.75, 3.05) is 6.61 Å². The van der Waals surface area contributed by atoms with Crippen LogP contribution in [0.4, 0.5) is 13.2 Å². The van der Waals surface area contributed by atoms with E-state index in [0.717, 1.165) is 37.6 Å². The Bertz CT molecular complexity index is 1080. The molecule has 1 aliphatic rings. The molecule has 0 saturated carbocycles. The van der Waals surface area contributed by atoms with Crippen LogP contribution in [0.25, 0.3) is 11.3 Å². The third-order valence-electron chi connectivity index (χ3n) is 4.75. The Kier molecular flexibility index (Phi) is 7.77. The maximum absolute atomic E-state index is 13.7. The van der Waals surface area contributed by atoms with Gasteiger partial charge in [0.25, 0.3) is 0 Å². The first kappa shape index (κ1) is 25.4. The van der Waals surface area contributed by atoms with E-state index >= 15 is 0 Å². The molecule has 0 bridgehead atoms. The minimum absolute atomic E-state index is 0.0740. The average Bonchev–Trinajstić information content (AvgIpc) is 3.22. The molecule has 2 heterocycles. The van der Waals surface area contributed by atoms with Crippen LogP contribution in [0.5, 0.6) is 0 Å². The second-order valence-corrected chi connectivity index (χ2v) is 7.73. The van der Waals surface area contributed by atoms with E-state index in [-0.39, 0.29) is 17.9 Å². The number of alkyl halides is 1. The van der Waals surface area contributed by atoms with Gasteiger partial charge in [-0.1, -0.05) is 16.8 Å². The van der Waals surface area contributed by atoms with E-state index < -0.39 is 65.3 Å². The summed E-state index contributed by atoms with van der Waals surface area (Å²) in [4.78, 5) is 34.8. The van der Waals surface area contributed by atoms with Gasteiger partial charge in [-0.15, -0.1) is 5.10 Å². The first-order valence-corrected chi connectivity index (χ1v) is 10.3. The molecule has 0 aliphatic carbocycles. The largest absolute Gasteiger partial charge is 0.463 e. The molecule has 2 aromatic rings. The van der Waals surface area contributed by atoms with Gasteiger partial charge in [-0.2, -0.15) is 0 Å². The molecule has 2 unspecified atom stereocenters. The summed E-state index contributed by atoms with van der Waals surface area (Å²) in [7, 11) is 0. The molecule has 0 radical (unpaired) electrons. The molecule has 14 heteroatoms. The monoisotopic (exact) mass is 505 g/mol. The van der Waals surface area contributed by atoms with Crippen molar-refractivity contribution in [2.24, 2.45) is 0 Å². The van der Waals surface area contributed by atoms with Crippen LogP contribution in [0.15, 0.2) is 18.3 Å². The molecular formula is C20H19ClF3N3O7. The molecule has 1 aromatic heterocycles. The molecule has 1 fully saturated rings. The Morgan fingerprint density at radius 1 is 1.03 bits per heavy atom. The number of carbonyl (C=O) groups is 3. The van der Waals surface area contributed by atoms with Gasteiger partial charge in [-0.05, 0) is 12.1 Å². The second-order valence-electron chi connectivity index (χ2n) is 7.30. The van der Waals surface area contributed by atoms with Gasteiger partial charge in [0, 0.05) is 26.3 Å². The van der Waals surface area contributed by atoms with Crippen molar-refractivity contribution in [3.05, 3.63) is 35.8 Å². The maximum atomic E-state index is 13.7. The highest BCUT2D eigenvalue weighted by atomic mass is 35.5. The number of esters is 3. The lowest BCUT2D eigenvalue weighted by Crippen LogP contribution is -2.57. The van der Waals surface area contributed by atoms with Gasteiger partial charge < -0.3 is 18.9 Å². The van der Waals surface area contributed by atoms with Gasteiger partial charge in [0.1, 0.15) is 24.4 Å². The summed E-state index contributed by atoms with van der Waals surface area (Å²) < 4.78 is 63.0. The molecule has 3 rings (SSSR count). The summed E-state index contributed by atoms with van der Waals surface area (Å²) in [6, 6.07) is 0.288. The molecule has 0 N–H and O–H groups in total. The van der Waals surface area contributed by atoms with E-state index in [1.807, 2.05) is 0 Å². The summed E-state index contributed by atoms with van der Waals surface area (Å²) in [5, 5.41) is 7.73. The molecule has 1 aromatic carbocycles. The fourth-order valence-electron chi connectivity index (χ4n) is 3.43. The third-order valence-corrected chi connectivity index (χ3v) is 5.10. The quantitative estimate of drug-likeness (QED) is 0.252. The summed E-state index contributed by atoms with van der Waals surface area (Å²) in [5.74, 6) is -6.65. The number of hydrogen-bond donors (Lipinski definition) is 0. The zero-order chi connectivity index (χ0) is 25.2. The third kappa shape index (κ3) is 5.65. The van der Waals surface area contributed by atoms with Crippen molar-refractivity contribution in [2.45, 2.75) is 50.7 Å². The number of rotatable bonds is 6. The molecular weight excluding hydrogens is 487 g/mol. The van der Waals surface area contributed by atoms with Crippen molar-refractivity contribution in [1.29, 1.82) is 0 Å².